The number of hydrogen-bond acceptors (Lipinski definition) is 8. The maximum atomic E-state index is 14.1. The van der Waals surface area contributed by atoms with Crippen molar-refractivity contribution < 1.29 is 9.53 Å². The first-order valence-corrected chi connectivity index (χ1v) is 15.0. The maximum Gasteiger partial charge on any atom is 0.335 e. The zero-order chi connectivity index (χ0) is 30.8. The van der Waals surface area contributed by atoms with Gasteiger partial charge >= 0.3 is 5.69 Å². The first kappa shape index (κ1) is 29.1. The van der Waals surface area contributed by atoms with Crippen LogP contribution in [0.2, 0.25) is 0 Å². The Morgan fingerprint density at radius 3 is 2.43 bits per heavy atom. The summed E-state index contributed by atoms with van der Waals surface area (Å²) in [5.74, 6) is 1.19. The SMILES string of the molecule is CC(C)(C=C(C#N)C(=O)N1CCCC(n2c(=O)n(-c3ccc(Oc4ccccc4)cc3)c3c(N)ncnc32)C1)N1CCCC1. The Hall–Kier alpha value is -4.95. The zero-order valence-electron chi connectivity index (χ0n) is 25.0. The van der Waals surface area contributed by atoms with Gasteiger partial charge in [0.1, 0.15) is 35.0 Å². The van der Waals surface area contributed by atoms with Gasteiger partial charge < -0.3 is 15.4 Å². The van der Waals surface area contributed by atoms with Gasteiger partial charge in [-0.2, -0.15) is 5.26 Å². The van der Waals surface area contributed by atoms with E-state index in [1.807, 2.05) is 44.2 Å². The van der Waals surface area contributed by atoms with Crippen LogP contribution >= 0.6 is 0 Å². The minimum atomic E-state index is -0.410. The van der Waals surface area contributed by atoms with Crippen LogP contribution in [0.3, 0.4) is 0 Å². The van der Waals surface area contributed by atoms with Crippen LogP contribution in [0, 0.1) is 11.3 Å². The molecule has 11 heteroatoms. The van der Waals surface area contributed by atoms with Gasteiger partial charge in [0.25, 0.3) is 5.91 Å². The second-order valence-electron chi connectivity index (χ2n) is 11.9. The molecule has 2 N–H and O–H groups in total. The lowest BCUT2D eigenvalue weighted by molar-refractivity contribution is -0.128. The molecule has 0 bridgehead atoms. The molecule has 0 radical (unpaired) electrons. The summed E-state index contributed by atoms with van der Waals surface area (Å²) >= 11 is 0. The van der Waals surface area contributed by atoms with Crippen molar-refractivity contribution in [2.24, 2.45) is 0 Å². The van der Waals surface area contributed by atoms with E-state index in [0.717, 1.165) is 25.9 Å². The fourth-order valence-electron chi connectivity index (χ4n) is 6.32. The molecule has 2 saturated heterocycles. The summed E-state index contributed by atoms with van der Waals surface area (Å²) in [6.45, 7) is 6.76. The molecular weight excluding hydrogens is 556 g/mol. The van der Waals surface area contributed by atoms with Crippen LogP contribution in [0.15, 0.2) is 77.4 Å². The van der Waals surface area contributed by atoms with E-state index in [-0.39, 0.29) is 35.6 Å². The van der Waals surface area contributed by atoms with Gasteiger partial charge in [-0.1, -0.05) is 18.2 Å². The van der Waals surface area contributed by atoms with Gasteiger partial charge in [-0.25, -0.2) is 14.8 Å². The van der Waals surface area contributed by atoms with Crippen molar-refractivity contribution >= 4 is 22.9 Å². The number of piperidine rings is 1. The number of rotatable bonds is 7. The van der Waals surface area contributed by atoms with Crippen molar-refractivity contribution in [3.05, 3.63) is 83.1 Å². The third-order valence-corrected chi connectivity index (χ3v) is 8.57. The topological polar surface area (TPSA) is 135 Å². The number of carbonyl (C=O) groups is 1. The van der Waals surface area contributed by atoms with Crippen LogP contribution in [0.25, 0.3) is 16.9 Å². The van der Waals surface area contributed by atoms with E-state index < -0.39 is 5.54 Å². The van der Waals surface area contributed by atoms with Crippen molar-refractivity contribution in [1.29, 1.82) is 5.26 Å². The van der Waals surface area contributed by atoms with E-state index in [1.165, 1.54) is 10.9 Å². The molecule has 2 aliphatic rings. The van der Waals surface area contributed by atoms with Gasteiger partial charge in [0.2, 0.25) is 0 Å². The minimum absolute atomic E-state index is 0.127. The molecule has 2 fully saturated rings. The van der Waals surface area contributed by atoms with Gasteiger partial charge in [-0.15, -0.1) is 0 Å². The molecule has 4 heterocycles. The average molecular weight is 593 g/mol. The second-order valence-corrected chi connectivity index (χ2v) is 11.9. The first-order chi connectivity index (χ1) is 21.3. The molecule has 226 valence electrons. The largest absolute Gasteiger partial charge is 0.457 e. The zero-order valence-corrected chi connectivity index (χ0v) is 25.0. The lowest BCUT2D eigenvalue weighted by Crippen LogP contribution is -2.45. The number of anilines is 1. The molecule has 1 unspecified atom stereocenters. The summed E-state index contributed by atoms with van der Waals surface area (Å²) in [6, 6.07) is 18.4. The fourth-order valence-corrected chi connectivity index (χ4v) is 6.32. The Labute approximate surface area is 255 Å². The molecule has 0 saturated carbocycles. The van der Waals surface area contributed by atoms with Gasteiger partial charge in [0.05, 0.1) is 11.7 Å². The number of nitrogen functional groups attached to an aromatic ring is 1. The number of nitriles is 1. The molecule has 11 nitrogen and oxygen atoms in total. The minimum Gasteiger partial charge on any atom is -0.457 e. The molecule has 2 aliphatic heterocycles. The molecule has 6 rings (SSSR count). The number of imidazole rings is 1. The van der Waals surface area contributed by atoms with Crippen LogP contribution < -0.4 is 16.2 Å². The van der Waals surface area contributed by atoms with Crippen LogP contribution in [-0.2, 0) is 4.79 Å². The van der Waals surface area contributed by atoms with Crippen LogP contribution in [-0.4, -0.2) is 66.5 Å². The number of carbonyl (C=O) groups excluding carboxylic acids is 1. The average Bonchev–Trinajstić information content (AvgIpc) is 3.69. The quantitative estimate of drug-likeness (QED) is 0.246. The highest BCUT2D eigenvalue weighted by Crippen LogP contribution is 2.30. The molecular formula is C33H36N8O3. The number of aromatic nitrogens is 4. The predicted molar refractivity (Wildman–Crippen MR) is 167 cm³/mol. The number of benzene rings is 2. The van der Waals surface area contributed by atoms with Crippen LogP contribution in [0.1, 0.15) is 45.6 Å². The third-order valence-electron chi connectivity index (χ3n) is 8.57. The number of likely N-dealkylation sites (tertiary alicyclic amines) is 2. The Morgan fingerprint density at radius 2 is 1.73 bits per heavy atom. The normalized spacial score (nSPS) is 18.0. The van der Waals surface area contributed by atoms with Gasteiger partial charge in [-0.05, 0) is 95.1 Å². The van der Waals surface area contributed by atoms with Gasteiger partial charge in [0, 0.05) is 18.6 Å². The number of hydrogen-bond donors (Lipinski definition) is 1. The van der Waals surface area contributed by atoms with E-state index in [0.29, 0.717) is 47.7 Å². The second kappa shape index (κ2) is 12.0. The lowest BCUT2D eigenvalue weighted by Gasteiger charge is -2.35. The Morgan fingerprint density at radius 1 is 1.02 bits per heavy atom. The van der Waals surface area contributed by atoms with Crippen molar-refractivity contribution in [2.75, 3.05) is 31.9 Å². The Kier molecular flexibility index (Phi) is 7.93. The number of nitrogens with two attached hydrogens (primary N) is 1. The highest BCUT2D eigenvalue weighted by Gasteiger charge is 2.33. The molecule has 0 spiro atoms. The molecule has 2 aromatic carbocycles. The first-order valence-electron chi connectivity index (χ1n) is 15.0. The third kappa shape index (κ3) is 5.56. The van der Waals surface area contributed by atoms with E-state index in [9.17, 15) is 14.9 Å². The molecule has 0 aliphatic carbocycles. The lowest BCUT2D eigenvalue weighted by atomic mass is 9.98. The highest BCUT2D eigenvalue weighted by atomic mass is 16.5. The van der Waals surface area contributed by atoms with Crippen molar-refractivity contribution in [3.8, 4) is 23.3 Å². The Balaban J connectivity index is 1.31. The fraction of sp³-hybridized carbons (Fsp3) is 0.364. The summed E-state index contributed by atoms with van der Waals surface area (Å²) in [6.07, 6.45) is 6.71. The number of para-hydroxylation sites is 1. The highest BCUT2D eigenvalue weighted by molar-refractivity contribution is 5.97. The van der Waals surface area contributed by atoms with Crippen molar-refractivity contribution in [3.63, 3.8) is 0 Å². The van der Waals surface area contributed by atoms with Crippen LogP contribution in [0.4, 0.5) is 5.82 Å². The summed E-state index contributed by atoms with van der Waals surface area (Å²) in [7, 11) is 0. The van der Waals surface area contributed by atoms with Crippen molar-refractivity contribution in [1.82, 2.24) is 28.9 Å². The van der Waals surface area contributed by atoms with Gasteiger partial charge in [0.15, 0.2) is 11.5 Å². The van der Waals surface area contributed by atoms with Crippen molar-refractivity contribution in [2.45, 2.75) is 51.1 Å². The van der Waals surface area contributed by atoms with E-state index in [1.54, 1.807) is 39.8 Å². The smallest absolute Gasteiger partial charge is 0.335 e. The summed E-state index contributed by atoms with van der Waals surface area (Å²) < 4.78 is 9.05. The summed E-state index contributed by atoms with van der Waals surface area (Å²) in [5.41, 5.74) is 7.11. The molecule has 44 heavy (non-hydrogen) atoms. The van der Waals surface area contributed by atoms with Gasteiger partial charge in [-0.3, -0.25) is 18.8 Å². The molecule has 4 aromatic rings. The van der Waals surface area contributed by atoms with E-state index in [4.69, 9.17) is 10.5 Å². The number of ether oxygens (including phenoxy) is 1. The number of amides is 1. The summed E-state index contributed by atoms with van der Waals surface area (Å²) in [5, 5.41) is 9.98. The Bertz CT molecular complexity index is 1800. The summed E-state index contributed by atoms with van der Waals surface area (Å²) in [4.78, 5) is 40.4. The number of fused-ring (bicyclic) bond motifs is 1. The monoisotopic (exact) mass is 592 g/mol. The molecule has 2 aromatic heterocycles. The van der Waals surface area contributed by atoms with Crippen LogP contribution in [0.5, 0.6) is 11.5 Å². The molecule has 1 atom stereocenters. The van der Waals surface area contributed by atoms with E-state index in [2.05, 4.69) is 20.9 Å². The maximum absolute atomic E-state index is 14.1. The number of nitrogens with zero attached hydrogens (tertiary/aromatic N) is 7. The standard InChI is InChI=1S/C33H36N8O3/c1-33(2,39-17-6-7-18-39)19-23(20-34)31(42)38-16-8-9-25(21-38)41-30-28(29(35)36-22-37-30)40(32(41)43)24-12-14-27(15-13-24)44-26-10-4-3-5-11-26/h3-5,10-15,19,22,25H,6-9,16-18,21H2,1-2H3,(H2,35,36,37). The molecule has 1 amide bonds. The van der Waals surface area contributed by atoms with E-state index >= 15 is 0 Å². The predicted octanol–water partition coefficient (Wildman–Crippen LogP) is 4.44.